The fourth-order valence-electron chi connectivity index (χ4n) is 6.44. The van der Waals surface area contributed by atoms with Crippen LogP contribution in [0.4, 0.5) is 0 Å². The highest BCUT2D eigenvalue weighted by molar-refractivity contribution is 6.06. The Bertz CT molecular complexity index is 666. The smallest absolute Gasteiger partial charge is 0.257 e. The molecule has 31 heavy (non-hydrogen) atoms. The summed E-state index contributed by atoms with van der Waals surface area (Å²) in [7, 11) is 0. The van der Waals surface area contributed by atoms with Gasteiger partial charge in [-0.15, -0.1) is 0 Å². The largest absolute Gasteiger partial charge is 0.369 e. The SMILES string of the molecule is NC1=NC(CCC2CCCCC2)(CC2CCCCC2)C(=O)N1CCCN1CCCC1=O. The Kier molecular flexibility index (Phi) is 7.55. The first-order valence-corrected chi connectivity index (χ1v) is 13.0. The highest BCUT2D eigenvalue weighted by Crippen LogP contribution is 2.40. The first-order valence-electron chi connectivity index (χ1n) is 13.0. The Morgan fingerprint density at radius 3 is 2.23 bits per heavy atom. The van der Waals surface area contributed by atoms with E-state index in [0.29, 0.717) is 31.4 Å². The van der Waals surface area contributed by atoms with Gasteiger partial charge in [-0.25, -0.2) is 4.99 Å². The van der Waals surface area contributed by atoms with E-state index in [1.54, 1.807) is 4.90 Å². The molecule has 2 saturated carbocycles. The number of guanidine groups is 1. The van der Waals surface area contributed by atoms with Crippen molar-refractivity contribution in [2.24, 2.45) is 22.6 Å². The molecule has 6 heteroatoms. The van der Waals surface area contributed by atoms with Crippen molar-refractivity contribution in [3.05, 3.63) is 0 Å². The predicted molar refractivity (Wildman–Crippen MR) is 123 cm³/mol. The van der Waals surface area contributed by atoms with E-state index in [1.807, 2.05) is 4.90 Å². The first kappa shape index (κ1) is 22.6. The minimum Gasteiger partial charge on any atom is -0.369 e. The molecule has 2 N–H and O–H groups in total. The maximum atomic E-state index is 13.7. The summed E-state index contributed by atoms with van der Waals surface area (Å²) in [6, 6.07) is 0. The molecule has 0 radical (unpaired) electrons. The Morgan fingerprint density at radius 2 is 1.58 bits per heavy atom. The first-order chi connectivity index (χ1) is 15.1. The lowest BCUT2D eigenvalue weighted by Gasteiger charge is -2.33. The van der Waals surface area contributed by atoms with Crippen LogP contribution in [0.2, 0.25) is 0 Å². The van der Waals surface area contributed by atoms with Crippen molar-refractivity contribution in [2.45, 2.75) is 108 Å². The number of nitrogens with two attached hydrogens (primary N) is 1. The minimum atomic E-state index is -0.632. The van der Waals surface area contributed by atoms with E-state index in [4.69, 9.17) is 10.7 Å². The molecule has 2 amide bonds. The van der Waals surface area contributed by atoms with Crippen molar-refractivity contribution in [2.75, 3.05) is 19.6 Å². The zero-order valence-electron chi connectivity index (χ0n) is 19.3. The summed E-state index contributed by atoms with van der Waals surface area (Å²) in [6.45, 7) is 2.14. The van der Waals surface area contributed by atoms with Crippen LogP contribution in [0.3, 0.4) is 0 Å². The molecule has 0 bridgehead atoms. The molecule has 2 aliphatic heterocycles. The molecule has 1 atom stereocenters. The van der Waals surface area contributed by atoms with Gasteiger partial charge in [0.25, 0.3) is 5.91 Å². The van der Waals surface area contributed by atoms with Gasteiger partial charge in [-0.2, -0.15) is 0 Å². The van der Waals surface area contributed by atoms with Gasteiger partial charge in [-0.05, 0) is 43.9 Å². The van der Waals surface area contributed by atoms with Gasteiger partial charge < -0.3 is 10.6 Å². The molecule has 2 aliphatic carbocycles. The Morgan fingerprint density at radius 1 is 0.903 bits per heavy atom. The normalized spacial score (nSPS) is 28.6. The van der Waals surface area contributed by atoms with Crippen molar-refractivity contribution in [3.8, 4) is 0 Å². The van der Waals surface area contributed by atoms with E-state index < -0.39 is 5.54 Å². The topological polar surface area (TPSA) is 79.0 Å². The van der Waals surface area contributed by atoms with Gasteiger partial charge in [-0.3, -0.25) is 14.5 Å². The summed E-state index contributed by atoms with van der Waals surface area (Å²) in [5.74, 6) is 2.14. The number of nitrogens with zero attached hydrogens (tertiary/aromatic N) is 3. The van der Waals surface area contributed by atoms with E-state index in [0.717, 1.165) is 44.6 Å². The average Bonchev–Trinajstić information content (AvgIpc) is 3.29. The number of rotatable bonds is 9. The summed E-state index contributed by atoms with van der Waals surface area (Å²) in [6.07, 6.45) is 18.2. The van der Waals surface area contributed by atoms with Crippen LogP contribution in [0.1, 0.15) is 103 Å². The highest BCUT2D eigenvalue weighted by atomic mass is 16.2. The molecular formula is C25H42N4O2. The summed E-state index contributed by atoms with van der Waals surface area (Å²) < 4.78 is 0. The molecule has 0 aromatic rings. The lowest BCUT2D eigenvalue weighted by molar-refractivity contribution is -0.132. The van der Waals surface area contributed by atoms with Crippen molar-refractivity contribution in [1.29, 1.82) is 0 Å². The zero-order valence-corrected chi connectivity index (χ0v) is 19.3. The number of likely N-dealkylation sites (tertiary alicyclic amines) is 1. The van der Waals surface area contributed by atoms with Gasteiger partial charge in [0.1, 0.15) is 5.54 Å². The Labute approximate surface area is 188 Å². The molecule has 0 spiro atoms. The third kappa shape index (κ3) is 5.43. The summed E-state index contributed by atoms with van der Waals surface area (Å²) in [5.41, 5.74) is 5.72. The van der Waals surface area contributed by atoms with Gasteiger partial charge in [0.15, 0.2) is 5.96 Å². The van der Waals surface area contributed by atoms with Crippen LogP contribution in [-0.4, -0.2) is 52.7 Å². The second-order valence-electron chi connectivity index (χ2n) is 10.5. The van der Waals surface area contributed by atoms with E-state index in [1.165, 1.54) is 64.2 Å². The summed E-state index contributed by atoms with van der Waals surface area (Å²) in [5, 5.41) is 0. The van der Waals surface area contributed by atoms with Crippen LogP contribution in [-0.2, 0) is 9.59 Å². The van der Waals surface area contributed by atoms with E-state index in [-0.39, 0.29) is 11.8 Å². The van der Waals surface area contributed by atoms with Gasteiger partial charge in [-0.1, -0.05) is 64.2 Å². The number of hydrogen-bond donors (Lipinski definition) is 1. The van der Waals surface area contributed by atoms with Gasteiger partial charge in [0, 0.05) is 26.1 Å². The fourth-order valence-corrected chi connectivity index (χ4v) is 6.44. The third-order valence-corrected chi connectivity index (χ3v) is 8.27. The molecular weight excluding hydrogens is 388 g/mol. The van der Waals surface area contributed by atoms with E-state index in [9.17, 15) is 9.59 Å². The molecule has 0 aromatic carbocycles. The molecule has 4 rings (SSSR count). The number of carbonyl (C=O) groups is 2. The summed E-state index contributed by atoms with van der Waals surface area (Å²) >= 11 is 0. The maximum absolute atomic E-state index is 13.7. The van der Waals surface area contributed by atoms with Gasteiger partial charge in [0.05, 0.1) is 0 Å². The number of hydrogen-bond acceptors (Lipinski definition) is 4. The van der Waals surface area contributed by atoms with Crippen LogP contribution >= 0.6 is 0 Å². The second-order valence-corrected chi connectivity index (χ2v) is 10.5. The molecule has 6 nitrogen and oxygen atoms in total. The number of amides is 2. The lowest BCUT2D eigenvalue weighted by atomic mass is 9.75. The van der Waals surface area contributed by atoms with Crippen molar-refractivity contribution in [1.82, 2.24) is 9.80 Å². The van der Waals surface area contributed by atoms with Gasteiger partial charge in [0.2, 0.25) is 5.91 Å². The highest BCUT2D eigenvalue weighted by Gasteiger charge is 2.48. The zero-order chi connectivity index (χ0) is 21.7. The monoisotopic (exact) mass is 430 g/mol. The van der Waals surface area contributed by atoms with E-state index in [2.05, 4.69) is 0 Å². The fraction of sp³-hybridized carbons (Fsp3) is 0.880. The van der Waals surface area contributed by atoms with Crippen LogP contribution in [0.5, 0.6) is 0 Å². The molecule has 0 aromatic heterocycles. The van der Waals surface area contributed by atoms with Crippen LogP contribution in [0, 0.1) is 11.8 Å². The lowest BCUT2D eigenvalue weighted by Crippen LogP contribution is -2.46. The molecule has 4 aliphatic rings. The van der Waals surface area contributed by atoms with Gasteiger partial charge >= 0.3 is 0 Å². The molecule has 1 saturated heterocycles. The van der Waals surface area contributed by atoms with Crippen LogP contribution < -0.4 is 5.73 Å². The van der Waals surface area contributed by atoms with Crippen molar-refractivity contribution < 1.29 is 9.59 Å². The average molecular weight is 431 g/mol. The standard InChI is InChI=1S/C25H42N4O2/c26-24-27-25(19-21-11-5-2-6-12-21,15-14-20-9-3-1-4-10-20)23(31)29(24)18-8-17-28-16-7-13-22(28)30/h20-21H,1-19H2,(H2,26,27). The van der Waals surface area contributed by atoms with Crippen molar-refractivity contribution in [3.63, 3.8) is 0 Å². The van der Waals surface area contributed by atoms with E-state index >= 15 is 0 Å². The molecule has 3 fully saturated rings. The maximum Gasteiger partial charge on any atom is 0.257 e. The molecule has 174 valence electrons. The van der Waals surface area contributed by atoms with Crippen LogP contribution in [0.15, 0.2) is 4.99 Å². The quantitative estimate of drug-likeness (QED) is 0.595. The number of aliphatic imine (C=N–C) groups is 1. The third-order valence-electron chi connectivity index (χ3n) is 8.27. The molecule has 1 unspecified atom stereocenters. The Hall–Kier alpha value is -1.59. The summed E-state index contributed by atoms with van der Waals surface area (Å²) in [4.78, 5) is 34.2. The number of carbonyl (C=O) groups excluding carboxylic acids is 2. The molecule has 2 heterocycles. The second kappa shape index (κ2) is 10.4. The van der Waals surface area contributed by atoms with Crippen molar-refractivity contribution >= 4 is 17.8 Å². The predicted octanol–water partition coefficient (Wildman–Crippen LogP) is 4.23. The van der Waals surface area contributed by atoms with Crippen LogP contribution in [0.25, 0.3) is 0 Å². The Balaban J connectivity index is 1.40. The minimum absolute atomic E-state index is 0.138.